The maximum atomic E-state index is 13.0. The summed E-state index contributed by atoms with van der Waals surface area (Å²) in [5, 5.41) is 0. The number of halogens is 3. The van der Waals surface area contributed by atoms with Crippen LogP contribution in [0.3, 0.4) is 0 Å². The second kappa shape index (κ2) is 7.94. The van der Waals surface area contributed by atoms with Gasteiger partial charge in [0.15, 0.2) is 0 Å². The number of carbonyl (C=O) groups excluding carboxylic acids is 2. The molecule has 7 heteroatoms. The molecule has 0 atom stereocenters. The van der Waals surface area contributed by atoms with Gasteiger partial charge in [0.05, 0.1) is 18.7 Å². The topological polar surface area (TPSA) is 46.6 Å². The summed E-state index contributed by atoms with van der Waals surface area (Å²) in [5.41, 5.74) is 0.834. The van der Waals surface area contributed by atoms with Gasteiger partial charge >= 0.3 is 12.1 Å². The average Bonchev–Trinajstić information content (AvgIpc) is 2.60. The summed E-state index contributed by atoms with van der Waals surface area (Å²) in [4.78, 5) is 24.4. The Hall–Kier alpha value is -2.67. The Morgan fingerprint density at radius 3 is 2.20 bits per heavy atom. The van der Waals surface area contributed by atoms with E-state index < -0.39 is 18.0 Å². The third-order valence-corrected chi connectivity index (χ3v) is 3.44. The van der Waals surface area contributed by atoms with Crippen molar-refractivity contribution < 1.29 is 27.5 Å². The van der Waals surface area contributed by atoms with Crippen LogP contribution >= 0.6 is 0 Å². The summed E-state index contributed by atoms with van der Waals surface area (Å²) in [6.45, 7) is -0.0893. The van der Waals surface area contributed by atoms with Gasteiger partial charge in [-0.1, -0.05) is 48.5 Å². The zero-order chi connectivity index (χ0) is 18.4. The van der Waals surface area contributed by atoms with Crippen molar-refractivity contribution in [1.29, 1.82) is 0 Å². The summed E-state index contributed by atoms with van der Waals surface area (Å²) in [5.74, 6) is -3.20. The van der Waals surface area contributed by atoms with Crippen LogP contribution < -0.4 is 4.90 Å². The van der Waals surface area contributed by atoms with E-state index >= 15 is 0 Å². The number of benzene rings is 2. The van der Waals surface area contributed by atoms with Gasteiger partial charge in [0.1, 0.15) is 0 Å². The Labute approximate surface area is 142 Å². The molecule has 4 nitrogen and oxygen atoms in total. The highest BCUT2D eigenvalue weighted by Crippen LogP contribution is 2.33. The van der Waals surface area contributed by atoms with Gasteiger partial charge in [0.25, 0.3) is 0 Å². The van der Waals surface area contributed by atoms with Crippen molar-refractivity contribution >= 4 is 17.5 Å². The van der Waals surface area contributed by atoms with E-state index in [1.165, 1.54) is 19.2 Å². The van der Waals surface area contributed by atoms with Crippen molar-refractivity contribution in [2.45, 2.75) is 12.6 Å². The molecule has 25 heavy (non-hydrogen) atoms. The van der Waals surface area contributed by atoms with E-state index in [1.54, 1.807) is 42.5 Å². The van der Waals surface area contributed by atoms with Crippen LogP contribution in [0.25, 0.3) is 11.1 Å². The Morgan fingerprint density at radius 2 is 1.60 bits per heavy atom. The van der Waals surface area contributed by atoms with E-state index in [0.717, 1.165) is 0 Å². The molecule has 0 bridgehead atoms. The molecule has 132 valence electrons. The number of amides is 2. The van der Waals surface area contributed by atoms with E-state index in [4.69, 9.17) is 4.74 Å². The Kier molecular flexibility index (Phi) is 5.93. The molecule has 2 amide bonds. The Balaban J connectivity index is 2.55. The van der Waals surface area contributed by atoms with Crippen LogP contribution in [0.5, 0.6) is 0 Å². The second-order valence-electron chi connectivity index (χ2n) is 5.16. The van der Waals surface area contributed by atoms with E-state index in [9.17, 15) is 22.8 Å². The molecule has 0 saturated heterocycles. The van der Waals surface area contributed by atoms with Crippen molar-refractivity contribution in [3.8, 4) is 11.1 Å². The molecule has 0 fully saturated rings. The molecule has 0 aliphatic carbocycles. The molecule has 0 spiro atoms. The minimum absolute atomic E-state index is 0.0893. The summed E-state index contributed by atoms with van der Waals surface area (Å²) in [6, 6.07) is 14.5. The smallest absolute Gasteiger partial charge is 0.384 e. The highest BCUT2D eigenvalue weighted by molar-refractivity contribution is 6.18. The van der Waals surface area contributed by atoms with Crippen molar-refractivity contribution in [3.63, 3.8) is 0 Å². The van der Waals surface area contributed by atoms with E-state index in [2.05, 4.69) is 0 Å². The van der Waals surface area contributed by atoms with Crippen LogP contribution in [-0.4, -0.2) is 31.7 Å². The highest BCUT2D eigenvalue weighted by atomic mass is 19.4. The van der Waals surface area contributed by atoms with Gasteiger partial charge in [-0.15, -0.1) is 0 Å². The number of anilines is 1. The lowest BCUT2D eigenvalue weighted by atomic mass is 10.0. The average molecular weight is 351 g/mol. The van der Waals surface area contributed by atoms with Gasteiger partial charge in [0.2, 0.25) is 5.91 Å². The molecule has 0 saturated carbocycles. The summed E-state index contributed by atoms with van der Waals surface area (Å²) in [6.07, 6.45) is -5.52. The van der Waals surface area contributed by atoms with E-state index in [0.29, 0.717) is 11.1 Å². The molecule has 0 aliphatic rings. The first-order valence-electron chi connectivity index (χ1n) is 7.43. The van der Waals surface area contributed by atoms with Crippen molar-refractivity contribution in [1.82, 2.24) is 0 Å². The van der Waals surface area contributed by atoms with Gasteiger partial charge in [-0.3, -0.25) is 9.59 Å². The lowest BCUT2D eigenvalue weighted by Gasteiger charge is -2.24. The van der Waals surface area contributed by atoms with Crippen LogP contribution in [0.2, 0.25) is 0 Å². The predicted molar refractivity (Wildman–Crippen MR) is 86.9 cm³/mol. The SMILES string of the molecule is COCCC(=O)N(C(=O)C(F)(F)F)c1ccccc1-c1ccccc1. The normalized spacial score (nSPS) is 11.2. The number of para-hydroxylation sites is 1. The number of nitrogens with zero attached hydrogens (tertiary/aromatic N) is 1. The number of methoxy groups -OCH3 is 1. The first kappa shape index (κ1) is 18.7. The van der Waals surface area contributed by atoms with Crippen molar-refractivity contribution in [2.75, 3.05) is 18.6 Å². The quantitative estimate of drug-likeness (QED) is 0.823. The minimum Gasteiger partial charge on any atom is -0.384 e. The van der Waals surface area contributed by atoms with E-state index in [-0.39, 0.29) is 23.6 Å². The summed E-state index contributed by atoms with van der Waals surface area (Å²) in [7, 11) is 1.32. The lowest BCUT2D eigenvalue weighted by Crippen LogP contribution is -2.45. The zero-order valence-electron chi connectivity index (χ0n) is 13.4. The molecule has 0 N–H and O–H groups in total. The summed E-state index contributed by atoms with van der Waals surface area (Å²) < 4.78 is 43.8. The van der Waals surface area contributed by atoms with Crippen LogP contribution in [0.4, 0.5) is 18.9 Å². The van der Waals surface area contributed by atoms with E-state index in [1.807, 2.05) is 0 Å². The first-order valence-corrected chi connectivity index (χ1v) is 7.43. The molecule has 2 aromatic rings. The maximum absolute atomic E-state index is 13.0. The molecule has 2 rings (SSSR count). The third kappa shape index (κ3) is 4.45. The molecule has 0 heterocycles. The standard InChI is InChI=1S/C18H16F3NO3/c1-25-12-11-16(23)22(17(24)18(19,20)21)15-10-6-5-9-14(15)13-7-3-2-4-8-13/h2-10H,11-12H2,1H3. The van der Waals surface area contributed by atoms with Crippen molar-refractivity contribution in [2.24, 2.45) is 0 Å². The molecular weight excluding hydrogens is 335 g/mol. The number of hydrogen-bond donors (Lipinski definition) is 0. The highest BCUT2D eigenvalue weighted by Gasteiger charge is 2.45. The van der Waals surface area contributed by atoms with Gasteiger partial charge in [-0.2, -0.15) is 13.2 Å². The van der Waals surface area contributed by atoms with Crippen LogP contribution in [-0.2, 0) is 14.3 Å². The van der Waals surface area contributed by atoms with Crippen molar-refractivity contribution in [3.05, 3.63) is 54.6 Å². The number of hydrogen-bond acceptors (Lipinski definition) is 3. The van der Waals surface area contributed by atoms with Crippen LogP contribution in [0, 0.1) is 0 Å². The fraction of sp³-hybridized carbons (Fsp3) is 0.222. The minimum atomic E-state index is -5.17. The predicted octanol–water partition coefficient (Wildman–Crippen LogP) is 3.81. The van der Waals surface area contributed by atoms with Crippen LogP contribution in [0.1, 0.15) is 6.42 Å². The first-order chi connectivity index (χ1) is 11.9. The molecule has 0 radical (unpaired) electrons. The van der Waals surface area contributed by atoms with Gasteiger partial charge in [-0.05, 0) is 11.6 Å². The fourth-order valence-corrected chi connectivity index (χ4v) is 2.32. The van der Waals surface area contributed by atoms with Gasteiger partial charge in [0, 0.05) is 12.7 Å². The maximum Gasteiger partial charge on any atom is 0.472 e. The van der Waals surface area contributed by atoms with Crippen LogP contribution in [0.15, 0.2) is 54.6 Å². The Morgan fingerprint density at radius 1 is 1.00 bits per heavy atom. The number of imide groups is 1. The molecule has 0 aromatic heterocycles. The number of rotatable bonds is 5. The molecular formula is C18H16F3NO3. The third-order valence-electron chi connectivity index (χ3n) is 3.44. The second-order valence-corrected chi connectivity index (χ2v) is 5.16. The summed E-state index contributed by atoms with van der Waals surface area (Å²) >= 11 is 0. The molecule has 0 aliphatic heterocycles. The monoisotopic (exact) mass is 351 g/mol. The number of carbonyl (C=O) groups is 2. The lowest BCUT2D eigenvalue weighted by molar-refractivity contribution is -0.171. The van der Waals surface area contributed by atoms with Gasteiger partial charge in [-0.25, -0.2) is 4.90 Å². The zero-order valence-corrected chi connectivity index (χ0v) is 13.4. The number of alkyl halides is 3. The molecule has 0 unspecified atom stereocenters. The fourth-order valence-electron chi connectivity index (χ4n) is 2.32. The number of ether oxygens (including phenoxy) is 1. The Bertz CT molecular complexity index is 745. The largest absolute Gasteiger partial charge is 0.472 e. The van der Waals surface area contributed by atoms with Gasteiger partial charge < -0.3 is 4.74 Å². The molecule has 2 aromatic carbocycles.